The Morgan fingerprint density at radius 1 is 1.05 bits per heavy atom. The summed E-state index contributed by atoms with van der Waals surface area (Å²) in [5.74, 6) is 0.210. The fourth-order valence-electron chi connectivity index (χ4n) is 6.40. The Kier molecular flexibility index (Phi) is 12.4. The van der Waals surface area contributed by atoms with Gasteiger partial charge in [0.25, 0.3) is 0 Å². The molecule has 7 heteroatoms. The zero-order valence-electron chi connectivity index (χ0n) is 23.5. The molecular weight excluding hydrogens is 484 g/mol. The summed E-state index contributed by atoms with van der Waals surface area (Å²) < 4.78 is 16.6. The lowest BCUT2D eigenvalue weighted by Gasteiger charge is -2.33. The second-order valence-corrected chi connectivity index (χ2v) is 11.3. The fourth-order valence-corrected chi connectivity index (χ4v) is 6.40. The van der Waals surface area contributed by atoms with Crippen molar-refractivity contribution in [1.82, 2.24) is 0 Å². The number of carbonyl (C=O) groups is 2. The van der Waals surface area contributed by atoms with Crippen LogP contribution in [0.25, 0.3) is 0 Å². The number of carboxylic acid groups (broad SMARTS) is 1. The van der Waals surface area contributed by atoms with E-state index in [1.54, 1.807) is 6.92 Å². The highest BCUT2D eigenvalue weighted by molar-refractivity contribution is 5.74. The van der Waals surface area contributed by atoms with Gasteiger partial charge in [0.05, 0.1) is 6.10 Å². The van der Waals surface area contributed by atoms with E-state index in [-0.39, 0.29) is 30.7 Å². The first-order valence-corrected chi connectivity index (χ1v) is 14.7. The summed E-state index contributed by atoms with van der Waals surface area (Å²) in [6, 6.07) is 5.86. The van der Waals surface area contributed by atoms with Crippen LogP contribution in [0, 0.1) is 17.8 Å². The lowest BCUT2D eigenvalue weighted by Crippen LogP contribution is -2.30. The van der Waals surface area contributed by atoms with Crippen LogP contribution in [0.1, 0.15) is 95.6 Å². The van der Waals surface area contributed by atoms with Gasteiger partial charge in [-0.05, 0) is 86.8 Å². The maximum Gasteiger partial charge on any atom is 0.341 e. The number of esters is 1. The molecule has 0 radical (unpaired) electrons. The van der Waals surface area contributed by atoms with Crippen LogP contribution in [0.4, 0.5) is 0 Å². The topological polar surface area (TPSA) is 102 Å². The highest BCUT2D eigenvalue weighted by atomic mass is 16.6. The predicted molar refractivity (Wildman–Crippen MR) is 146 cm³/mol. The highest BCUT2D eigenvalue weighted by Crippen LogP contribution is 2.48. The molecule has 0 amide bonds. The van der Waals surface area contributed by atoms with Gasteiger partial charge in [-0.1, -0.05) is 57.6 Å². The monoisotopic (exact) mass is 532 g/mol. The number of methoxy groups -OCH3 is 1. The molecule has 1 fully saturated rings. The van der Waals surface area contributed by atoms with Crippen LogP contribution in [0.5, 0.6) is 5.75 Å². The number of aliphatic carboxylic acids is 1. The van der Waals surface area contributed by atoms with Crippen LogP contribution in [-0.2, 0) is 31.9 Å². The normalized spacial score (nSPS) is 23.8. The smallest absolute Gasteiger partial charge is 0.341 e. The second kappa shape index (κ2) is 15.5. The van der Waals surface area contributed by atoms with E-state index >= 15 is 0 Å². The van der Waals surface area contributed by atoms with Gasteiger partial charge in [0.2, 0.25) is 0 Å². The number of aliphatic hydroxyl groups is 1. The molecule has 0 spiro atoms. The van der Waals surface area contributed by atoms with Gasteiger partial charge in [0.15, 0.2) is 12.7 Å². The van der Waals surface area contributed by atoms with E-state index in [0.29, 0.717) is 17.6 Å². The first-order chi connectivity index (χ1) is 18.3. The number of fused-ring (bicyclic) bond motifs is 2. The zero-order chi connectivity index (χ0) is 27.5. The third-order valence-electron chi connectivity index (χ3n) is 8.62. The van der Waals surface area contributed by atoms with Crippen molar-refractivity contribution < 1.29 is 34.0 Å². The Labute approximate surface area is 228 Å². The lowest BCUT2D eigenvalue weighted by atomic mass is 9.73. The lowest BCUT2D eigenvalue weighted by molar-refractivity contribution is -0.160. The van der Waals surface area contributed by atoms with Crippen molar-refractivity contribution in [3.05, 3.63) is 29.3 Å². The van der Waals surface area contributed by atoms with E-state index in [2.05, 4.69) is 13.0 Å². The van der Waals surface area contributed by atoms with Gasteiger partial charge in [-0.25, -0.2) is 9.59 Å². The largest absolute Gasteiger partial charge is 0.482 e. The number of unbranched alkanes of at least 4 members (excludes halogenated alkanes) is 6. The molecular formula is C31H48O7. The molecule has 2 aliphatic carbocycles. The summed E-state index contributed by atoms with van der Waals surface area (Å²) in [7, 11) is 1.52. The minimum atomic E-state index is -0.987. The molecule has 1 aromatic carbocycles. The Bertz CT molecular complexity index is 885. The van der Waals surface area contributed by atoms with E-state index in [4.69, 9.17) is 19.3 Å². The van der Waals surface area contributed by atoms with Crippen molar-refractivity contribution in [2.45, 2.75) is 116 Å². The van der Waals surface area contributed by atoms with E-state index < -0.39 is 12.1 Å². The van der Waals surface area contributed by atoms with Crippen LogP contribution in [0.15, 0.2) is 18.2 Å². The Morgan fingerprint density at radius 3 is 2.50 bits per heavy atom. The third kappa shape index (κ3) is 8.70. The minimum absolute atomic E-state index is 0.158. The average Bonchev–Trinajstić information content (AvgIpc) is 3.21. The van der Waals surface area contributed by atoms with Crippen LogP contribution in [-0.4, -0.2) is 54.2 Å². The summed E-state index contributed by atoms with van der Waals surface area (Å²) >= 11 is 0. The molecule has 3 rings (SSSR count). The number of aliphatic hydroxyl groups excluding tert-OH is 1. The maximum atomic E-state index is 12.5. The molecule has 7 nitrogen and oxygen atoms in total. The van der Waals surface area contributed by atoms with E-state index in [9.17, 15) is 14.7 Å². The standard InChI is InChI=1S/C31H48O7/c1-4-5-6-7-8-9-10-13-24(38-31(35)21(2)36-3)15-16-25-26-17-22-12-11-14-29(37-20-30(33)34)27(22)18-23(26)19-28(25)32/h11-12,14,21,23-26,28,32H,4-10,13,15-20H2,1-3H3,(H,33,34)/t21-,23+,24+,25-,26+,28-/m1/s1. The summed E-state index contributed by atoms with van der Waals surface area (Å²) in [6.07, 6.45) is 12.2. The van der Waals surface area contributed by atoms with Crippen molar-refractivity contribution >= 4 is 11.9 Å². The second-order valence-electron chi connectivity index (χ2n) is 11.3. The molecule has 0 bridgehead atoms. The number of hydrogen-bond acceptors (Lipinski definition) is 6. The summed E-state index contributed by atoms with van der Waals surface area (Å²) in [5.41, 5.74) is 2.27. The van der Waals surface area contributed by atoms with E-state index in [1.807, 2.05) is 12.1 Å². The Hall–Kier alpha value is -2.12. The van der Waals surface area contributed by atoms with Gasteiger partial charge < -0.3 is 24.4 Å². The minimum Gasteiger partial charge on any atom is -0.482 e. The zero-order valence-corrected chi connectivity index (χ0v) is 23.5. The maximum absolute atomic E-state index is 12.5. The van der Waals surface area contributed by atoms with Crippen LogP contribution < -0.4 is 4.74 Å². The molecule has 0 aromatic heterocycles. The van der Waals surface area contributed by atoms with Crippen molar-refractivity contribution in [1.29, 1.82) is 0 Å². The molecule has 0 unspecified atom stereocenters. The van der Waals surface area contributed by atoms with Gasteiger partial charge in [0.1, 0.15) is 11.9 Å². The molecule has 6 atom stereocenters. The van der Waals surface area contributed by atoms with Gasteiger partial charge in [-0.2, -0.15) is 0 Å². The number of benzene rings is 1. The molecule has 1 aromatic rings. The van der Waals surface area contributed by atoms with Crippen LogP contribution in [0.3, 0.4) is 0 Å². The SMILES string of the molecule is CCCCCCCCC[C@@H](CC[C@@H]1[C@H]2Cc3cccc(OCC(=O)O)c3C[C@H]2C[C@H]1O)OC(=O)[C@@H](C)OC. The van der Waals surface area contributed by atoms with Crippen LogP contribution in [0.2, 0.25) is 0 Å². The molecule has 0 saturated heterocycles. The van der Waals surface area contributed by atoms with Crippen molar-refractivity contribution in [3.63, 3.8) is 0 Å². The molecule has 214 valence electrons. The molecule has 0 heterocycles. The molecule has 2 aliphatic rings. The first-order valence-electron chi connectivity index (χ1n) is 14.7. The van der Waals surface area contributed by atoms with Gasteiger partial charge >= 0.3 is 11.9 Å². The molecule has 1 saturated carbocycles. The predicted octanol–water partition coefficient (Wildman–Crippen LogP) is 5.73. The van der Waals surface area contributed by atoms with Crippen molar-refractivity contribution in [2.75, 3.05) is 13.7 Å². The number of carbonyl (C=O) groups excluding carboxylic acids is 1. The van der Waals surface area contributed by atoms with Crippen molar-refractivity contribution in [3.8, 4) is 5.75 Å². The van der Waals surface area contributed by atoms with Crippen LogP contribution >= 0.6 is 0 Å². The van der Waals surface area contributed by atoms with E-state index in [1.165, 1.54) is 44.8 Å². The van der Waals surface area contributed by atoms with Gasteiger partial charge in [0, 0.05) is 7.11 Å². The summed E-state index contributed by atoms with van der Waals surface area (Å²) in [5, 5.41) is 20.1. The molecule has 0 aliphatic heterocycles. The van der Waals surface area contributed by atoms with Gasteiger partial charge in [-0.3, -0.25) is 0 Å². The van der Waals surface area contributed by atoms with Crippen molar-refractivity contribution in [2.24, 2.45) is 17.8 Å². The highest BCUT2D eigenvalue weighted by Gasteiger charge is 2.45. The summed E-state index contributed by atoms with van der Waals surface area (Å²) in [4.78, 5) is 23.5. The third-order valence-corrected chi connectivity index (χ3v) is 8.62. The number of rotatable bonds is 17. The summed E-state index contributed by atoms with van der Waals surface area (Å²) in [6.45, 7) is 3.59. The average molecular weight is 533 g/mol. The number of ether oxygens (including phenoxy) is 3. The quantitative estimate of drug-likeness (QED) is 0.195. The Morgan fingerprint density at radius 2 is 1.79 bits per heavy atom. The van der Waals surface area contributed by atoms with Gasteiger partial charge in [-0.15, -0.1) is 0 Å². The Balaban J connectivity index is 1.59. The van der Waals surface area contributed by atoms with E-state index in [0.717, 1.165) is 56.9 Å². The fraction of sp³-hybridized carbons (Fsp3) is 0.742. The molecule has 38 heavy (non-hydrogen) atoms. The number of carboxylic acids is 1. The first kappa shape index (κ1) is 30.4. The molecule has 2 N–H and O–H groups in total. The number of hydrogen-bond donors (Lipinski definition) is 2.